The molecule has 6 saturated heterocycles. The fourth-order valence-corrected chi connectivity index (χ4v) is 7.94. The largest absolute Gasteiger partial charge is 0.463 e. The highest BCUT2D eigenvalue weighted by molar-refractivity contribution is 5.69. The molecule has 18 atom stereocenters. The van der Waals surface area contributed by atoms with E-state index in [-0.39, 0.29) is 0 Å². The summed E-state index contributed by atoms with van der Waals surface area (Å²) in [6, 6.07) is 0. The molecule has 18 unspecified atom stereocenters. The van der Waals surface area contributed by atoms with Crippen molar-refractivity contribution in [2.45, 2.75) is 180 Å². The highest BCUT2D eigenvalue weighted by Gasteiger charge is 2.64. The van der Waals surface area contributed by atoms with Gasteiger partial charge in [0.15, 0.2) is 67.9 Å². The van der Waals surface area contributed by atoms with E-state index in [1.807, 2.05) is 0 Å². The van der Waals surface area contributed by atoms with E-state index >= 15 is 0 Å². The maximum atomic E-state index is 12.7. The van der Waals surface area contributed by atoms with Crippen molar-refractivity contribution in [3.8, 4) is 0 Å². The van der Waals surface area contributed by atoms with Gasteiger partial charge in [-0.3, -0.25) is 43.0 Å². The zero-order chi connectivity index (χ0) is 46.1. The van der Waals surface area contributed by atoms with Crippen LogP contribution in [0, 0.1) is 0 Å². The van der Waals surface area contributed by atoms with E-state index in [9.17, 15) is 33.6 Å². The third-order valence-corrected chi connectivity index (χ3v) is 10.1. The molecule has 6 rings (SSSR count). The van der Waals surface area contributed by atoms with Gasteiger partial charge in [0.05, 0.1) is 6.61 Å². The fourth-order valence-electron chi connectivity index (χ4n) is 7.94. The molecule has 0 radical (unpaired) electrons. The Hall–Kier alpha value is -4.15. The van der Waals surface area contributed by atoms with Crippen LogP contribution in [0.1, 0.15) is 69.2 Å². The van der Waals surface area contributed by atoms with Crippen LogP contribution in [0.5, 0.6) is 0 Å². The van der Waals surface area contributed by atoms with Gasteiger partial charge >= 0.3 is 41.8 Å². The third-order valence-electron chi connectivity index (χ3n) is 10.1. The van der Waals surface area contributed by atoms with Crippen LogP contribution in [0.25, 0.3) is 0 Å². The second-order valence-corrected chi connectivity index (χ2v) is 15.4. The number of rotatable bonds is 14. The van der Waals surface area contributed by atoms with Crippen molar-refractivity contribution in [3.63, 3.8) is 0 Å². The standard InChI is InChI=1S/C38H52O25/c1-14(39)46-11-22-25(49-16(3)41)28(52-19(6)44)32-35(57-22)62-37(9,60-32)48-13-24-27(51-18(5)43)30(31-34(56-24)55-21(8)54-31)59-38(10)61-33-29(53-20(7)45)26(50-17(4)42)23(12-47-15(2)40)58-36(33)63-38/h21-36H,11-13H2,1-10H3. The van der Waals surface area contributed by atoms with Crippen molar-refractivity contribution in [3.05, 3.63) is 0 Å². The van der Waals surface area contributed by atoms with Crippen LogP contribution >= 0.6 is 0 Å². The summed E-state index contributed by atoms with van der Waals surface area (Å²) in [4.78, 5) is 85.1. The van der Waals surface area contributed by atoms with Crippen LogP contribution < -0.4 is 0 Å². The molecule has 6 aliphatic rings. The minimum absolute atomic E-state index is 0.411. The molecule has 25 nitrogen and oxygen atoms in total. The van der Waals surface area contributed by atoms with Crippen LogP contribution in [-0.4, -0.2) is 172 Å². The van der Waals surface area contributed by atoms with Crippen molar-refractivity contribution in [1.29, 1.82) is 0 Å². The second-order valence-electron chi connectivity index (χ2n) is 15.4. The quantitative estimate of drug-likeness (QED) is 0.154. The van der Waals surface area contributed by atoms with E-state index < -0.39 is 172 Å². The molecule has 25 heteroatoms. The van der Waals surface area contributed by atoms with Crippen LogP contribution in [0.4, 0.5) is 0 Å². The summed E-state index contributed by atoms with van der Waals surface area (Å²) >= 11 is 0. The van der Waals surface area contributed by atoms with Gasteiger partial charge in [-0.25, -0.2) is 0 Å². The molecule has 63 heavy (non-hydrogen) atoms. The van der Waals surface area contributed by atoms with Crippen molar-refractivity contribution < 1.29 is 119 Å². The summed E-state index contributed by atoms with van der Waals surface area (Å²) in [7, 11) is 0. The molecule has 6 aliphatic heterocycles. The molecule has 0 bridgehead atoms. The summed E-state index contributed by atoms with van der Waals surface area (Å²) in [5, 5.41) is 0. The summed E-state index contributed by atoms with van der Waals surface area (Å²) in [5.74, 6) is -9.30. The summed E-state index contributed by atoms with van der Waals surface area (Å²) in [6.07, 6.45) is -20.1. The smallest absolute Gasteiger partial charge is 0.303 e. The van der Waals surface area contributed by atoms with Crippen LogP contribution in [0.2, 0.25) is 0 Å². The maximum absolute atomic E-state index is 12.7. The lowest BCUT2D eigenvalue weighted by Gasteiger charge is -2.44. The SMILES string of the molecule is CC(=O)OCC1OC2OC(C)(OCC3OC4OC(C)OC4C(OC4(C)OC5OC(COC(C)=O)C(OC(C)=O)C(OC(C)=O)C5O4)C3OC(C)=O)OC2C(OC(C)=O)C1OC(C)=O. The van der Waals surface area contributed by atoms with Crippen LogP contribution in [0.15, 0.2) is 0 Å². The lowest BCUT2D eigenvalue weighted by Crippen LogP contribution is -2.62. The zero-order valence-electron chi connectivity index (χ0n) is 36.1. The van der Waals surface area contributed by atoms with Gasteiger partial charge in [0.2, 0.25) is 0 Å². The Bertz CT molecular complexity index is 1740. The molecule has 0 spiro atoms. The minimum Gasteiger partial charge on any atom is -0.463 e. The third kappa shape index (κ3) is 11.6. The molecule has 0 aromatic rings. The van der Waals surface area contributed by atoms with Crippen LogP contribution in [0.3, 0.4) is 0 Å². The lowest BCUT2D eigenvalue weighted by molar-refractivity contribution is -0.396. The van der Waals surface area contributed by atoms with Gasteiger partial charge in [-0.1, -0.05) is 0 Å². The first-order valence-corrected chi connectivity index (χ1v) is 20.0. The molecule has 0 saturated carbocycles. The Morgan fingerprint density at radius 3 is 1.24 bits per heavy atom. The number of carbonyl (C=O) groups excluding carboxylic acids is 7. The molecule has 0 aromatic heterocycles. The molecular formula is C38H52O25. The molecule has 0 aromatic carbocycles. The Morgan fingerprint density at radius 1 is 0.413 bits per heavy atom. The maximum Gasteiger partial charge on any atom is 0.303 e. The van der Waals surface area contributed by atoms with Crippen molar-refractivity contribution in [2.75, 3.05) is 19.8 Å². The van der Waals surface area contributed by atoms with E-state index in [1.165, 1.54) is 13.8 Å². The number of carbonyl (C=O) groups is 7. The molecule has 0 N–H and O–H groups in total. The van der Waals surface area contributed by atoms with Crippen molar-refractivity contribution >= 4 is 41.8 Å². The number of esters is 7. The van der Waals surface area contributed by atoms with Gasteiger partial charge in [0.25, 0.3) is 11.9 Å². The minimum atomic E-state index is -2.11. The zero-order valence-corrected chi connectivity index (χ0v) is 36.1. The molecule has 354 valence electrons. The van der Waals surface area contributed by atoms with Gasteiger partial charge in [-0.15, -0.1) is 0 Å². The van der Waals surface area contributed by atoms with Crippen molar-refractivity contribution in [2.24, 2.45) is 0 Å². The van der Waals surface area contributed by atoms with E-state index in [1.54, 1.807) is 6.92 Å². The lowest BCUT2D eigenvalue weighted by atomic mass is 9.98. The predicted molar refractivity (Wildman–Crippen MR) is 192 cm³/mol. The van der Waals surface area contributed by atoms with E-state index in [2.05, 4.69) is 0 Å². The molecule has 6 heterocycles. The van der Waals surface area contributed by atoms with Crippen molar-refractivity contribution in [1.82, 2.24) is 0 Å². The second kappa shape index (κ2) is 19.5. The van der Waals surface area contributed by atoms with Crippen LogP contribution in [-0.2, 0) is 119 Å². The van der Waals surface area contributed by atoms with Gasteiger partial charge < -0.3 is 75.8 Å². The topological polar surface area (TPSA) is 286 Å². The fraction of sp³-hybridized carbons (Fsp3) is 0.816. The molecule has 6 fully saturated rings. The Balaban J connectivity index is 1.24. The van der Waals surface area contributed by atoms with Gasteiger partial charge in [0, 0.05) is 62.3 Å². The highest BCUT2D eigenvalue weighted by atomic mass is 17.0. The van der Waals surface area contributed by atoms with Gasteiger partial charge in [-0.2, -0.15) is 0 Å². The Kier molecular flexibility index (Phi) is 15.0. The first-order chi connectivity index (χ1) is 29.5. The number of hydrogen-bond acceptors (Lipinski definition) is 25. The number of hydrogen-bond donors (Lipinski definition) is 0. The van der Waals surface area contributed by atoms with E-state index in [0.717, 1.165) is 48.5 Å². The number of ether oxygens (including phenoxy) is 18. The highest BCUT2D eigenvalue weighted by Crippen LogP contribution is 2.45. The van der Waals surface area contributed by atoms with E-state index in [4.69, 9.17) is 85.3 Å². The summed E-state index contributed by atoms with van der Waals surface area (Å²) in [5.41, 5.74) is 0. The molecular weight excluding hydrogens is 856 g/mol. The molecule has 0 amide bonds. The first-order valence-electron chi connectivity index (χ1n) is 20.0. The monoisotopic (exact) mass is 908 g/mol. The first kappa shape index (κ1) is 48.3. The summed E-state index contributed by atoms with van der Waals surface area (Å²) in [6.45, 7) is 10.9. The van der Waals surface area contributed by atoms with E-state index in [0.29, 0.717) is 0 Å². The van der Waals surface area contributed by atoms with Gasteiger partial charge in [0.1, 0.15) is 43.7 Å². The Labute approximate surface area is 359 Å². The predicted octanol–water partition coefficient (Wildman–Crippen LogP) is -0.713. The number of fused-ring (bicyclic) bond motifs is 3. The average Bonchev–Trinajstić information content (AvgIpc) is 3.82. The average molecular weight is 909 g/mol. The normalized spacial score (nSPS) is 41.5. The Morgan fingerprint density at radius 2 is 0.794 bits per heavy atom. The molecule has 0 aliphatic carbocycles. The van der Waals surface area contributed by atoms with Gasteiger partial charge in [-0.05, 0) is 6.92 Å². The summed E-state index contributed by atoms with van der Waals surface area (Å²) < 4.78 is 105.